The van der Waals surface area contributed by atoms with Crippen molar-refractivity contribution in [1.29, 1.82) is 0 Å². The summed E-state index contributed by atoms with van der Waals surface area (Å²) >= 11 is 0. The van der Waals surface area contributed by atoms with Crippen molar-refractivity contribution in [3.05, 3.63) is 11.6 Å². The average Bonchev–Trinajstić information content (AvgIpc) is 2.96. The van der Waals surface area contributed by atoms with Crippen LogP contribution in [-0.2, 0) is 14.3 Å². The first kappa shape index (κ1) is 33.8. The van der Waals surface area contributed by atoms with Crippen LogP contribution in [0, 0.1) is 50.2 Å². The van der Waals surface area contributed by atoms with Gasteiger partial charge in [-0.3, -0.25) is 4.79 Å². The first-order valence-electron chi connectivity index (χ1n) is 17.0. The van der Waals surface area contributed by atoms with Crippen LogP contribution in [0.5, 0.6) is 0 Å². The third kappa shape index (κ3) is 4.52. The molecule has 15 atom stereocenters. The molecule has 0 radical (unpaired) electrons. The minimum Gasteiger partial charge on any atom is -0.432 e. The largest absolute Gasteiger partial charge is 0.432 e. The van der Waals surface area contributed by atoms with Gasteiger partial charge in [-0.2, -0.15) is 0 Å². The molecule has 5 aliphatic carbocycles. The zero-order valence-electron chi connectivity index (χ0n) is 27.8. The van der Waals surface area contributed by atoms with Gasteiger partial charge in [-0.1, -0.05) is 53.2 Å². The molecule has 0 aromatic rings. The van der Waals surface area contributed by atoms with Gasteiger partial charge in [0.25, 0.3) is 0 Å². The Morgan fingerprint density at radius 3 is 2.20 bits per heavy atom. The molecule has 256 valence electrons. The summed E-state index contributed by atoms with van der Waals surface area (Å²) in [4.78, 5) is 14.3. The molecule has 4 saturated carbocycles. The van der Waals surface area contributed by atoms with E-state index >= 15 is 0 Å². The SMILES string of the molecule is CC1(C)CC[C@]2(C(=O)O[C@@H]3OC[C@@H](O)[C@H](O)[C@H]3O)CC[C@]3(C)C(=CCC4[C@@]5(C)C[C@@H](O)[C@H](O)[C@@](C)(CO)C5[C@H](O)C[C@]43C)C2C1. The van der Waals surface area contributed by atoms with E-state index in [1.54, 1.807) is 6.92 Å². The Morgan fingerprint density at radius 2 is 1.53 bits per heavy atom. The van der Waals surface area contributed by atoms with Gasteiger partial charge in [0, 0.05) is 11.3 Å². The molecular weight excluding hydrogens is 580 g/mol. The maximum absolute atomic E-state index is 14.3. The second kappa shape index (κ2) is 10.7. The molecule has 1 saturated heterocycles. The number of carbonyl (C=O) groups excluding carboxylic acids is 1. The molecule has 10 nitrogen and oxygen atoms in total. The maximum Gasteiger partial charge on any atom is 0.315 e. The Kier molecular flexibility index (Phi) is 8.03. The molecule has 0 bridgehead atoms. The molecule has 1 aliphatic heterocycles. The van der Waals surface area contributed by atoms with Crippen molar-refractivity contribution in [2.75, 3.05) is 13.2 Å². The number of aliphatic hydroxyl groups excluding tert-OH is 7. The van der Waals surface area contributed by atoms with E-state index in [1.807, 2.05) is 0 Å². The highest BCUT2D eigenvalue weighted by Gasteiger charge is 2.72. The molecule has 6 rings (SSSR count). The fraction of sp³-hybridized carbons (Fsp3) is 0.914. The van der Waals surface area contributed by atoms with Crippen LogP contribution in [-0.4, -0.2) is 97.8 Å². The maximum atomic E-state index is 14.3. The number of carbonyl (C=O) groups is 1. The summed E-state index contributed by atoms with van der Waals surface area (Å²) in [5, 5.41) is 75.4. The van der Waals surface area contributed by atoms with Crippen LogP contribution in [0.3, 0.4) is 0 Å². The van der Waals surface area contributed by atoms with E-state index in [-0.39, 0.29) is 41.3 Å². The summed E-state index contributed by atoms with van der Waals surface area (Å²) in [6.07, 6.45) is -1.29. The number of rotatable bonds is 3. The molecule has 0 aromatic heterocycles. The van der Waals surface area contributed by atoms with Gasteiger partial charge in [0.1, 0.15) is 18.3 Å². The van der Waals surface area contributed by atoms with Gasteiger partial charge in [0.2, 0.25) is 6.29 Å². The van der Waals surface area contributed by atoms with Crippen LogP contribution in [0.15, 0.2) is 11.6 Å². The molecule has 5 fully saturated rings. The average molecular weight is 637 g/mol. The molecule has 10 heteroatoms. The predicted octanol–water partition coefficient (Wildman–Crippen LogP) is 2.05. The van der Waals surface area contributed by atoms with Crippen molar-refractivity contribution in [2.24, 2.45) is 50.2 Å². The van der Waals surface area contributed by atoms with Gasteiger partial charge in [-0.05, 0) is 84.9 Å². The minimum atomic E-state index is -1.55. The number of esters is 1. The summed E-state index contributed by atoms with van der Waals surface area (Å²) in [6.45, 7) is 12.3. The van der Waals surface area contributed by atoms with Gasteiger partial charge in [0.05, 0.1) is 36.9 Å². The molecular formula is C35H56O10. The first-order chi connectivity index (χ1) is 20.8. The lowest BCUT2D eigenvalue weighted by atomic mass is 9.33. The van der Waals surface area contributed by atoms with Crippen LogP contribution < -0.4 is 0 Å². The van der Waals surface area contributed by atoms with Gasteiger partial charge in [0.15, 0.2) is 0 Å². The summed E-state index contributed by atoms with van der Waals surface area (Å²) in [7, 11) is 0. The van der Waals surface area contributed by atoms with Crippen LogP contribution in [0.2, 0.25) is 0 Å². The van der Waals surface area contributed by atoms with Gasteiger partial charge in [-0.15, -0.1) is 0 Å². The number of hydrogen-bond acceptors (Lipinski definition) is 10. The van der Waals surface area contributed by atoms with Gasteiger partial charge in [-0.25, -0.2) is 0 Å². The molecule has 0 aromatic carbocycles. The van der Waals surface area contributed by atoms with Crippen molar-refractivity contribution in [2.45, 2.75) is 136 Å². The fourth-order valence-electron chi connectivity index (χ4n) is 12.0. The highest BCUT2D eigenvalue weighted by atomic mass is 16.7. The molecule has 7 N–H and O–H groups in total. The van der Waals surface area contributed by atoms with Crippen LogP contribution >= 0.6 is 0 Å². The van der Waals surface area contributed by atoms with E-state index in [0.29, 0.717) is 38.5 Å². The Hall–Kier alpha value is -1.11. The van der Waals surface area contributed by atoms with Crippen molar-refractivity contribution in [3.8, 4) is 0 Å². The summed E-state index contributed by atoms with van der Waals surface area (Å²) in [5.41, 5.74) is -2.01. The van der Waals surface area contributed by atoms with Crippen molar-refractivity contribution >= 4 is 5.97 Å². The lowest BCUT2D eigenvalue weighted by Crippen LogP contribution is -2.71. The molecule has 3 unspecified atom stereocenters. The molecule has 45 heavy (non-hydrogen) atoms. The monoisotopic (exact) mass is 636 g/mol. The Bertz CT molecular complexity index is 1220. The Labute approximate surface area is 266 Å². The lowest BCUT2D eigenvalue weighted by molar-refractivity contribution is -0.277. The number of hydrogen-bond donors (Lipinski definition) is 7. The fourth-order valence-corrected chi connectivity index (χ4v) is 12.0. The second-order valence-corrected chi connectivity index (χ2v) is 17.6. The number of fused-ring (bicyclic) bond motifs is 7. The first-order valence-corrected chi connectivity index (χ1v) is 17.0. The van der Waals surface area contributed by atoms with Crippen LogP contribution in [0.4, 0.5) is 0 Å². The minimum absolute atomic E-state index is 0.0256. The van der Waals surface area contributed by atoms with E-state index in [2.05, 4.69) is 40.7 Å². The number of ether oxygens (including phenoxy) is 2. The summed E-state index contributed by atoms with van der Waals surface area (Å²) in [5.74, 6) is -0.905. The highest BCUT2D eigenvalue weighted by molar-refractivity contribution is 5.79. The summed E-state index contributed by atoms with van der Waals surface area (Å²) in [6, 6.07) is 0. The number of allylic oxidation sites excluding steroid dienone is 2. The number of aliphatic hydroxyl groups is 7. The summed E-state index contributed by atoms with van der Waals surface area (Å²) < 4.78 is 11.3. The Morgan fingerprint density at radius 1 is 0.867 bits per heavy atom. The topological polar surface area (TPSA) is 177 Å². The van der Waals surface area contributed by atoms with Crippen LogP contribution in [0.25, 0.3) is 0 Å². The van der Waals surface area contributed by atoms with Gasteiger partial charge < -0.3 is 45.2 Å². The smallest absolute Gasteiger partial charge is 0.315 e. The van der Waals surface area contributed by atoms with E-state index in [9.17, 15) is 40.5 Å². The third-order valence-corrected chi connectivity index (χ3v) is 14.7. The van der Waals surface area contributed by atoms with E-state index < -0.39 is 71.0 Å². The van der Waals surface area contributed by atoms with E-state index in [0.717, 1.165) is 12.8 Å². The quantitative estimate of drug-likeness (QED) is 0.179. The normalized spacial score (nSPS) is 55.7. The van der Waals surface area contributed by atoms with E-state index in [4.69, 9.17) is 9.47 Å². The zero-order chi connectivity index (χ0) is 33.1. The molecule has 1 heterocycles. The lowest BCUT2D eigenvalue weighted by Gasteiger charge is -2.72. The molecule has 6 aliphatic rings. The van der Waals surface area contributed by atoms with Crippen molar-refractivity contribution in [1.82, 2.24) is 0 Å². The third-order valence-electron chi connectivity index (χ3n) is 14.7. The van der Waals surface area contributed by atoms with Crippen molar-refractivity contribution in [3.63, 3.8) is 0 Å². The Balaban J connectivity index is 1.39. The van der Waals surface area contributed by atoms with E-state index in [1.165, 1.54) is 5.57 Å². The zero-order valence-corrected chi connectivity index (χ0v) is 27.8. The van der Waals surface area contributed by atoms with Crippen LogP contribution in [0.1, 0.15) is 92.9 Å². The van der Waals surface area contributed by atoms with Crippen molar-refractivity contribution < 1.29 is 50.0 Å². The predicted molar refractivity (Wildman–Crippen MR) is 163 cm³/mol. The molecule has 0 amide bonds. The highest BCUT2D eigenvalue weighted by Crippen LogP contribution is 2.75. The second-order valence-electron chi connectivity index (χ2n) is 17.6. The molecule has 0 spiro atoms. The van der Waals surface area contributed by atoms with Gasteiger partial charge >= 0.3 is 5.97 Å². The standard InChI is InChI=1S/C35H56O10/c1-30(2)9-11-35(29(43)45-28-25(41)24(40)22(39)16-44-28)12-10-33(5)18(19(35)13-30)7-8-23-31(3)14-21(38)27(42)32(4,17-36)26(31)20(37)15-34(23,33)6/h7,19-28,36-42H,8-17H2,1-6H3/t19?,20-,21-,22-,23?,24+,25-,26?,27+,28+,31-,32+,33-,34-,35+/m1/s1.